The van der Waals surface area contributed by atoms with Crippen LogP contribution in [0, 0.1) is 0 Å². The molecule has 0 spiro atoms. The zero-order valence-corrected chi connectivity index (χ0v) is 15.7. The Hall–Kier alpha value is -4.13. The molecular formula is C22H19N5O2. The molecule has 0 saturated carbocycles. The number of benzene rings is 2. The second-order valence-corrected chi connectivity index (χ2v) is 6.56. The third-order valence-corrected chi connectivity index (χ3v) is 4.43. The quantitative estimate of drug-likeness (QED) is 0.484. The average molecular weight is 385 g/mol. The van der Waals surface area contributed by atoms with Crippen LogP contribution in [-0.2, 0) is 7.05 Å². The second-order valence-electron chi connectivity index (χ2n) is 6.56. The number of hydrogen-bond donors (Lipinski definition) is 3. The average Bonchev–Trinajstić information content (AvgIpc) is 3.09. The van der Waals surface area contributed by atoms with Gasteiger partial charge in [-0.3, -0.25) is 9.78 Å². The van der Waals surface area contributed by atoms with E-state index in [1.807, 2.05) is 60.3 Å². The molecule has 2 aromatic carbocycles. The van der Waals surface area contributed by atoms with Crippen molar-refractivity contribution in [2.24, 2.45) is 7.05 Å². The van der Waals surface area contributed by atoms with E-state index in [1.165, 1.54) is 12.4 Å². The van der Waals surface area contributed by atoms with E-state index >= 15 is 0 Å². The number of pyridine rings is 1. The highest BCUT2D eigenvalue weighted by Crippen LogP contribution is 2.20. The lowest BCUT2D eigenvalue weighted by atomic mass is 10.2. The number of aryl methyl sites for hydroxylation is 1. The van der Waals surface area contributed by atoms with Crippen molar-refractivity contribution in [3.63, 3.8) is 0 Å². The zero-order valence-electron chi connectivity index (χ0n) is 15.7. The van der Waals surface area contributed by atoms with Gasteiger partial charge in [-0.2, -0.15) is 0 Å². The highest BCUT2D eigenvalue weighted by molar-refractivity contribution is 6.06. The Morgan fingerprint density at radius 3 is 2.45 bits per heavy atom. The van der Waals surface area contributed by atoms with Gasteiger partial charge in [0.15, 0.2) is 0 Å². The molecule has 144 valence electrons. The maximum absolute atomic E-state index is 12.4. The molecule has 3 N–H and O–H groups in total. The number of fused-ring (bicyclic) bond motifs is 1. The van der Waals surface area contributed by atoms with Crippen molar-refractivity contribution in [1.29, 1.82) is 0 Å². The van der Waals surface area contributed by atoms with E-state index in [2.05, 4.69) is 20.9 Å². The molecule has 0 radical (unpaired) electrons. The molecule has 0 aliphatic carbocycles. The number of nitrogens with one attached hydrogen (secondary N) is 3. The fourth-order valence-corrected chi connectivity index (χ4v) is 3.01. The zero-order chi connectivity index (χ0) is 20.2. The molecule has 0 aliphatic rings. The Morgan fingerprint density at radius 2 is 1.62 bits per heavy atom. The van der Waals surface area contributed by atoms with E-state index in [4.69, 9.17) is 0 Å². The number of rotatable bonds is 4. The molecule has 0 aliphatic heterocycles. The van der Waals surface area contributed by atoms with Crippen molar-refractivity contribution in [1.82, 2.24) is 9.55 Å². The lowest BCUT2D eigenvalue weighted by molar-refractivity contribution is 0.102. The van der Waals surface area contributed by atoms with Crippen LogP contribution >= 0.6 is 0 Å². The van der Waals surface area contributed by atoms with Crippen LogP contribution in [0.5, 0.6) is 0 Å². The van der Waals surface area contributed by atoms with Gasteiger partial charge in [0.2, 0.25) is 0 Å². The fourth-order valence-electron chi connectivity index (χ4n) is 3.01. The summed E-state index contributed by atoms with van der Waals surface area (Å²) in [6.45, 7) is 0. The van der Waals surface area contributed by atoms with Crippen LogP contribution in [0.3, 0.4) is 0 Å². The third-order valence-electron chi connectivity index (χ3n) is 4.43. The highest BCUT2D eigenvalue weighted by atomic mass is 16.2. The summed E-state index contributed by atoms with van der Waals surface area (Å²) in [5, 5.41) is 9.32. The van der Waals surface area contributed by atoms with Crippen molar-refractivity contribution in [2.75, 3.05) is 16.0 Å². The van der Waals surface area contributed by atoms with E-state index in [1.54, 1.807) is 18.2 Å². The minimum absolute atomic E-state index is 0.303. The predicted octanol–water partition coefficient (Wildman–Crippen LogP) is 4.47. The van der Waals surface area contributed by atoms with Gasteiger partial charge < -0.3 is 20.5 Å². The maximum Gasteiger partial charge on any atom is 0.323 e. The summed E-state index contributed by atoms with van der Waals surface area (Å²) < 4.78 is 2.01. The minimum Gasteiger partial charge on any atom is -0.351 e. The lowest BCUT2D eigenvalue weighted by Crippen LogP contribution is -2.20. The van der Waals surface area contributed by atoms with E-state index in [9.17, 15) is 9.59 Å². The monoisotopic (exact) mass is 385 g/mol. The van der Waals surface area contributed by atoms with Crippen molar-refractivity contribution < 1.29 is 9.59 Å². The molecule has 0 fully saturated rings. The van der Waals surface area contributed by atoms with E-state index < -0.39 is 6.03 Å². The van der Waals surface area contributed by atoms with Gasteiger partial charge in [0.25, 0.3) is 5.91 Å². The molecule has 0 atom stereocenters. The van der Waals surface area contributed by atoms with Gasteiger partial charge in [0.05, 0.1) is 17.4 Å². The molecule has 4 rings (SSSR count). The Kier molecular flexibility index (Phi) is 4.94. The van der Waals surface area contributed by atoms with Crippen molar-refractivity contribution >= 4 is 39.9 Å². The first-order valence-electron chi connectivity index (χ1n) is 9.03. The summed E-state index contributed by atoms with van der Waals surface area (Å²) in [6.07, 6.45) is 4.90. The first-order chi connectivity index (χ1) is 14.1. The summed E-state index contributed by atoms with van der Waals surface area (Å²) in [5.41, 5.74) is 3.20. The molecule has 0 unspecified atom stereocenters. The van der Waals surface area contributed by atoms with Crippen LogP contribution in [0.4, 0.5) is 21.9 Å². The number of hydrogen-bond acceptors (Lipinski definition) is 3. The topological polar surface area (TPSA) is 88.1 Å². The lowest BCUT2D eigenvalue weighted by Gasteiger charge is -2.09. The van der Waals surface area contributed by atoms with Gasteiger partial charge in [0.1, 0.15) is 0 Å². The number of carbonyl (C=O) groups excluding carboxylic acids is 2. The standard InChI is InChI=1S/C22H19N5O2/c1-27-10-9-15-11-18(7-8-20(15)27)25-22(29)26-19-12-16(13-23-14-19)21(28)24-17-5-3-2-4-6-17/h2-14H,1H3,(H,24,28)(H2,25,26,29). The molecule has 0 saturated heterocycles. The number of para-hydroxylation sites is 1. The van der Waals surface area contributed by atoms with Gasteiger partial charge in [0, 0.05) is 41.7 Å². The van der Waals surface area contributed by atoms with Gasteiger partial charge in [-0.1, -0.05) is 18.2 Å². The molecule has 7 heteroatoms. The van der Waals surface area contributed by atoms with Crippen LogP contribution < -0.4 is 16.0 Å². The second kappa shape index (κ2) is 7.85. The summed E-state index contributed by atoms with van der Waals surface area (Å²) in [5.74, 6) is -0.303. The van der Waals surface area contributed by atoms with E-state index in [0.717, 1.165) is 10.9 Å². The van der Waals surface area contributed by atoms with Crippen LogP contribution in [0.1, 0.15) is 10.4 Å². The molecule has 2 heterocycles. The van der Waals surface area contributed by atoms with Crippen LogP contribution in [0.2, 0.25) is 0 Å². The maximum atomic E-state index is 12.4. The number of nitrogens with zero attached hydrogens (tertiary/aromatic N) is 2. The summed E-state index contributed by atoms with van der Waals surface area (Å²) in [4.78, 5) is 28.8. The van der Waals surface area contributed by atoms with Crippen molar-refractivity contribution in [3.8, 4) is 0 Å². The van der Waals surface area contributed by atoms with Gasteiger partial charge in [-0.05, 0) is 42.5 Å². The SMILES string of the molecule is Cn1ccc2cc(NC(=O)Nc3cncc(C(=O)Nc4ccccc4)c3)ccc21. The Balaban J connectivity index is 1.42. The van der Waals surface area contributed by atoms with Crippen LogP contribution in [-0.4, -0.2) is 21.5 Å². The van der Waals surface area contributed by atoms with Gasteiger partial charge in [-0.15, -0.1) is 0 Å². The number of urea groups is 1. The van der Waals surface area contributed by atoms with E-state index in [0.29, 0.717) is 22.6 Å². The van der Waals surface area contributed by atoms with E-state index in [-0.39, 0.29) is 5.91 Å². The number of aromatic nitrogens is 2. The minimum atomic E-state index is -0.414. The molecule has 4 aromatic rings. The van der Waals surface area contributed by atoms with Crippen molar-refractivity contribution in [3.05, 3.63) is 84.8 Å². The first-order valence-corrected chi connectivity index (χ1v) is 9.03. The number of amides is 3. The summed E-state index contributed by atoms with van der Waals surface area (Å²) >= 11 is 0. The molecule has 2 aromatic heterocycles. The highest BCUT2D eigenvalue weighted by Gasteiger charge is 2.10. The third kappa shape index (κ3) is 4.24. The smallest absolute Gasteiger partial charge is 0.323 e. The number of carbonyl (C=O) groups is 2. The summed E-state index contributed by atoms with van der Waals surface area (Å²) in [6, 6.07) is 18.0. The largest absolute Gasteiger partial charge is 0.351 e. The van der Waals surface area contributed by atoms with Crippen LogP contribution in [0.15, 0.2) is 79.3 Å². The van der Waals surface area contributed by atoms with Gasteiger partial charge in [-0.25, -0.2) is 4.79 Å². The Bertz CT molecular complexity index is 1180. The molecule has 0 bridgehead atoms. The Morgan fingerprint density at radius 1 is 0.828 bits per heavy atom. The Labute approximate surface area is 167 Å². The molecular weight excluding hydrogens is 366 g/mol. The molecule has 7 nitrogen and oxygen atoms in total. The summed E-state index contributed by atoms with van der Waals surface area (Å²) in [7, 11) is 1.97. The fraction of sp³-hybridized carbons (Fsp3) is 0.0455. The predicted molar refractivity (Wildman–Crippen MR) is 114 cm³/mol. The molecule has 29 heavy (non-hydrogen) atoms. The van der Waals surface area contributed by atoms with Gasteiger partial charge >= 0.3 is 6.03 Å². The van der Waals surface area contributed by atoms with Crippen LogP contribution in [0.25, 0.3) is 10.9 Å². The van der Waals surface area contributed by atoms with Crippen molar-refractivity contribution in [2.45, 2.75) is 0 Å². The molecule has 3 amide bonds. The first kappa shape index (κ1) is 18.2. The normalized spacial score (nSPS) is 10.5. The number of anilines is 3.